The van der Waals surface area contributed by atoms with Gasteiger partial charge in [-0.1, -0.05) is 19.0 Å². The molecule has 1 amide bonds. The molecule has 0 saturated carbocycles. The first-order valence-electron chi connectivity index (χ1n) is 8.75. The van der Waals surface area contributed by atoms with E-state index in [2.05, 4.69) is 5.16 Å². The summed E-state index contributed by atoms with van der Waals surface area (Å²) in [5.41, 5.74) is 0.267. The first-order valence-corrected chi connectivity index (χ1v) is 8.75. The van der Waals surface area contributed by atoms with Gasteiger partial charge in [0.15, 0.2) is 5.76 Å². The second-order valence-corrected chi connectivity index (χ2v) is 7.96. The Morgan fingerprint density at radius 3 is 2.40 bits per heavy atom. The predicted molar refractivity (Wildman–Crippen MR) is 91.5 cm³/mol. The van der Waals surface area contributed by atoms with Gasteiger partial charge in [0.2, 0.25) is 0 Å². The number of carbonyl (C=O) groups excluding carboxylic acids is 1. The molecule has 0 aromatic carbocycles. The largest absolute Gasteiger partial charge is 0.481 e. The van der Waals surface area contributed by atoms with Gasteiger partial charge < -0.3 is 19.3 Å². The molecule has 1 aromatic heterocycles. The number of carbonyl (C=O) groups is 2. The Balaban J connectivity index is 1.97. The zero-order valence-electron chi connectivity index (χ0n) is 15.6. The first kappa shape index (κ1) is 19.3. The summed E-state index contributed by atoms with van der Waals surface area (Å²) in [4.78, 5) is 25.2. The van der Waals surface area contributed by atoms with Crippen molar-refractivity contribution in [2.45, 2.75) is 64.9 Å². The summed E-state index contributed by atoms with van der Waals surface area (Å²) in [7, 11) is 0. The highest BCUT2D eigenvalue weighted by Crippen LogP contribution is 2.32. The summed E-state index contributed by atoms with van der Waals surface area (Å²) in [6.07, 6.45) is 1.22. The van der Waals surface area contributed by atoms with E-state index in [9.17, 15) is 14.7 Å². The van der Waals surface area contributed by atoms with Crippen LogP contribution in [0.3, 0.4) is 0 Å². The maximum atomic E-state index is 12.1. The minimum absolute atomic E-state index is 0.0766. The Bertz CT molecular complexity index is 609. The molecule has 1 fully saturated rings. The van der Waals surface area contributed by atoms with Gasteiger partial charge in [-0.2, -0.15) is 0 Å². The van der Waals surface area contributed by atoms with Crippen LogP contribution in [0.5, 0.6) is 0 Å². The molecule has 1 aromatic rings. The molecule has 0 spiro atoms. The Hall–Kier alpha value is -2.05. The average Bonchev–Trinajstić information content (AvgIpc) is 2.94. The molecule has 1 atom stereocenters. The number of amides is 1. The lowest BCUT2D eigenvalue weighted by Gasteiger charge is -2.32. The minimum Gasteiger partial charge on any atom is -0.481 e. The van der Waals surface area contributed by atoms with Crippen molar-refractivity contribution in [2.75, 3.05) is 13.1 Å². The topological polar surface area (TPSA) is 92.9 Å². The van der Waals surface area contributed by atoms with E-state index in [1.165, 1.54) is 0 Å². The molecule has 7 nitrogen and oxygen atoms in total. The van der Waals surface area contributed by atoms with Crippen LogP contribution in [0, 0.1) is 5.92 Å². The molecule has 2 heterocycles. The van der Waals surface area contributed by atoms with Crippen molar-refractivity contribution in [2.24, 2.45) is 5.92 Å². The van der Waals surface area contributed by atoms with Crippen LogP contribution in [0.4, 0.5) is 4.79 Å². The third kappa shape index (κ3) is 4.96. The number of carboxylic acids is 1. The fourth-order valence-corrected chi connectivity index (χ4v) is 3.06. The van der Waals surface area contributed by atoms with Gasteiger partial charge in [0.1, 0.15) is 11.5 Å². The van der Waals surface area contributed by atoms with E-state index in [1.54, 1.807) is 11.0 Å². The van der Waals surface area contributed by atoms with E-state index in [4.69, 9.17) is 9.26 Å². The van der Waals surface area contributed by atoms with Crippen LogP contribution in [0.2, 0.25) is 0 Å². The van der Waals surface area contributed by atoms with Crippen molar-refractivity contribution in [1.82, 2.24) is 10.1 Å². The van der Waals surface area contributed by atoms with Gasteiger partial charge in [0.25, 0.3) is 0 Å². The standard InChI is InChI=1S/C18H28N2O5/c1-11(2)15(16(21)22)14-10-13(19-25-14)12-6-8-20(9-7-12)17(23)24-18(3,4)5/h10-12,15H,6-9H2,1-5H3,(H,21,22). The van der Waals surface area contributed by atoms with Gasteiger partial charge in [-0.05, 0) is 39.5 Å². The summed E-state index contributed by atoms with van der Waals surface area (Å²) in [5.74, 6) is -1.11. The van der Waals surface area contributed by atoms with Crippen LogP contribution in [0.25, 0.3) is 0 Å². The van der Waals surface area contributed by atoms with Gasteiger partial charge in [0.05, 0.1) is 5.69 Å². The van der Waals surface area contributed by atoms with Crippen LogP contribution in [0.15, 0.2) is 10.6 Å². The van der Waals surface area contributed by atoms with Crippen LogP contribution >= 0.6 is 0 Å². The summed E-state index contributed by atoms with van der Waals surface area (Å²) in [6, 6.07) is 1.76. The first-order chi connectivity index (χ1) is 11.6. The van der Waals surface area contributed by atoms with Crippen LogP contribution < -0.4 is 0 Å². The quantitative estimate of drug-likeness (QED) is 0.890. The highest BCUT2D eigenvalue weighted by Gasteiger charge is 2.32. The highest BCUT2D eigenvalue weighted by atomic mass is 16.6. The number of aromatic nitrogens is 1. The van der Waals surface area contributed by atoms with E-state index in [0.717, 1.165) is 18.5 Å². The molecular weight excluding hydrogens is 324 g/mol. The van der Waals surface area contributed by atoms with Crippen molar-refractivity contribution >= 4 is 12.1 Å². The second-order valence-electron chi connectivity index (χ2n) is 7.96. The molecule has 0 bridgehead atoms. The second kappa shape index (κ2) is 7.45. The molecule has 1 aliphatic heterocycles. The Morgan fingerprint density at radius 1 is 1.32 bits per heavy atom. The molecule has 2 rings (SSSR count). The van der Waals surface area contributed by atoms with E-state index < -0.39 is 17.5 Å². The summed E-state index contributed by atoms with van der Waals surface area (Å²) < 4.78 is 10.7. The third-order valence-corrected chi connectivity index (χ3v) is 4.35. The zero-order chi connectivity index (χ0) is 18.8. The summed E-state index contributed by atoms with van der Waals surface area (Å²) in [5, 5.41) is 13.4. The van der Waals surface area contributed by atoms with Gasteiger partial charge in [-0.25, -0.2) is 4.79 Å². The van der Waals surface area contributed by atoms with Crippen molar-refractivity contribution < 1.29 is 24.0 Å². The SMILES string of the molecule is CC(C)C(C(=O)O)c1cc(C2CCN(C(=O)OC(C)(C)C)CC2)no1. The highest BCUT2D eigenvalue weighted by molar-refractivity contribution is 5.75. The van der Waals surface area contributed by atoms with Crippen LogP contribution in [0.1, 0.15) is 70.8 Å². The normalized spacial score (nSPS) is 17.6. The maximum absolute atomic E-state index is 12.1. The van der Waals surface area contributed by atoms with Crippen molar-refractivity contribution in [3.63, 3.8) is 0 Å². The monoisotopic (exact) mass is 352 g/mol. The van der Waals surface area contributed by atoms with E-state index >= 15 is 0 Å². The Morgan fingerprint density at radius 2 is 1.92 bits per heavy atom. The molecule has 0 radical (unpaired) electrons. The molecular formula is C18H28N2O5. The Labute approximate surface area is 148 Å². The fourth-order valence-electron chi connectivity index (χ4n) is 3.06. The molecule has 7 heteroatoms. The molecule has 140 valence electrons. The van der Waals surface area contributed by atoms with Crippen LogP contribution in [-0.2, 0) is 9.53 Å². The lowest BCUT2D eigenvalue weighted by atomic mass is 9.90. The molecule has 0 aliphatic carbocycles. The lowest BCUT2D eigenvalue weighted by Crippen LogP contribution is -2.41. The van der Waals surface area contributed by atoms with Gasteiger partial charge >= 0.3 is 12.1 Å². The smallest absolute Gasteiger partial charge is 0.410 e. The van der Waals surface area contributed by atoms with Crippen LogP contribution in [-0.4, -0.2) is 45.9 Å². The molecule has 1 saturated heterocycles. The van der Waals surface area contributed by atoms with E-state index in [1.807, 2.05) is 34.6 Å². The third-order valence-electron chi connectivity index (χ3n) is 4.35. The van der Waals surface area contributed by atoms with Gasteiger partial charge in [-0.3, -0.25) is 4.79 Å². The number of ether oxygens (including phenoxy) is 1. The summed E-state index contributed by atoms with van der Waals surface area (Å²) in [6.45, 7) is 10.4. The predicted octanol–water partition coefficient (Wildman–Crippen LogP) is 3.61. The number of likely N-dealkylation sites (tertiary alicyclic amines) is 1. The maximum Gasteiger partial charge on any atom is 0.410 e. The van der Waals surface area contributed by atoms with Gasteiger partial charge in [0, 0.05) is 25.1 Å². The molecule has 1 aliphatic rings. The molecule has 1 unspecified atom stereocenters. The number of rotatable bonds is 4. The van der Waals surface area contributed by atoms with Crippen molar-refractivity contribution in [3.8, 4) is 0 Å². The van der Waals surface area contributed by atoms with E-state index in [0.29, 0.717) is 18.8 Å². The number of hydrogen-bond acceptors (Lipinski definition) is 5. The number of carboxylic acid groups (broad SMARTS) is 1. The van der Waals surface area contributed by atoms with Crippen molar-refractivity contribution in [3.05, 3.63) is 17.5 Å². The number of hydrogen-bond donors (Lipinski definition) is 1. The number of aliphatic carboxylic acids is 1. The summed E-state index contributed by atoms with van der Waals surface area (Å²) >= 11 is 0. The minimum atomic E-state index is -0.905. The lowest BCUT2D eigenvalue weighted by molar-refractivity contribution is -0.140. The number of nitrogens with zero attached hydrogens (tertiary/aromatic N) is 2. The Kier molecular flexibility index (Phi) is 5.75. The molecule has 25 heavy (non-hydrogen) atoms. The van der Waals surface area contributed by atoms with E-state index in [-0.39, 0.29) is 17.9 Å². The average molecular weight is 352 g/mol. The molecule has 1 N–H and O–H groups in total. The van der Waals surface area contributed by atoms with Gasteiger partial charge in [-0.15, -0.1) is 0 Å². The number of piperidine rings is 1. The zero-order valence-corrected chi connectivity index (χ0v) is 15.6. The van der Waals surface area contributed by atoms with Crippen molar-refractivity contribution in [1.29, 1.82) is 0 Å². The fraction of sp³-hybridized carbons (Fsp3) is 0.722.